The molecule has 0 aliphatic heterocycles. The number of nitrogens with zero attached hydrogens (tertiary/aromatic N) is 5. The van der Waals surface area contributed by atoms with E-state index in [2.05, 4.69) is 62.1 Å². The lowest BCUT2D eigenvalue weighted by atomic mass is 10.1. The van der Waals surface area contributed by atoms with Crippen LogP contribution >= 0.6 is 15.9 Å². The van der Waals surface area contributed by atoms with Gasteiger partial charge in [-0.15, -0.1) is 0 Å². The van der Waals surface area contributed by atoms with Crippen LogP contribution in [0.4, 0.5) is 5.69 Å². The molecule has 5 nitrogen and oxygen atoms in total. The van der Waals surface area contributed by atoms with E-state index in [-0.39, 0.29) is 0 Å². The number of aliphatic imine (C=N–C) groups is 1. The summed E-state index contributed by atoms with van der Waals surface area (Å²) in [6.45, 7) is 9.71. The van der Waals surface area contributed by atoms with Gasteiger partial charge in [-0.25, -0.2) is 15.0 Å². The van der Waals surface area contributed by atoms with E-state index in [4.69, 9.17) is 4.98 Å². The molecule has 0 saturated carbocycles. The van der Waals surface area contributed by atoms with Gasteiger partial charge in [-0.1, -0.05) is 12.7 Å². The van der Waals surface area contributed by atoms with Crippen molar-refractivity contribution in [2.75, 3.05) is 0 Å². The molecule has 0 N–H and O–H groups in total. The molecule has 0 atom stereocenters. The zero-order valence-electron chi connectivity index (χ0n) is 15.5. The van der Waals surface area contributed by atoms with Gasteiger partial charge in [-0.3, -0.25) is 4.99 Å². The summed E-state index contributed by atoms with van der Waals surface area (Å²) in [4.78, 5) is 18.4. The molecule has 0 bridgehead atoms. The van der Waals surface area contributed by atoms with Gasteiger partial charge >= 0.3 is 0 Å². The van der Waals surface area contributed by atoms with Crippen molar-refractivity contribution in [3.8, 4) is 0 Å². The minimum atomic E-state index is 0.757. The van der Waals surface area contributed by atoms with Crippen molar-refractivity contribution in [3.05, 3.63) is 57.9 Å². The molecule has 0 unspecified atom stereocenters. The highest BCUT2D eigenvalue weighted by Crippen LogP contribution is 2.27. The summed E-state index contributed by atoms with van der Waals surface area (Å²) >= 11 is 3.52. The highest BCUT2D eigenvalue weighted by molar-refractivity contribution is 9.10. The highest BCUT2D eigenvalue weighted by Gasteiger charge is 2.13. The summed E-state index contributed by atoms with van der Waals surface area (Å²) in [7, 11) is 2.05. The molecule has 26 heavy (non-hydrogen) atoms. The third kappa shape index (κ3) is 3.46. The minimum absolute atomic E-state index is 0.757. The summed E-state index contributed by atoms with van der Waals surface area (Å²) in [5.41, 5.74) is 6.04. The van der Waals surface area contributed by atoms with E-state index < -0.39 is 0 Å². The molecule has 0 aliphatic rings. The average Bonchev–Trinajstić information content (AvgIpc) is 2.94. The van der Waals surface area contributed by atoms with Crippen molar-refractivity contribution in [2.45, 2.75) is 33.6 Å². The highest BCUT2D eigenvalue weighted by atomic mass is 79.9. The average molecular weight is 412 g/mol. The number of imidazole rings is 1. The quantitative estimate of drug-likeness (QED) is 0.570. The van der Waals surface area contributed by atoms with Gasteiger partial charge in [0.15, 0.2) is 0 Å². The Balaban J connectivity index is 1.91. The predicted octanol–water partition coefficient (Wildman–Crippen LogP) is 4.72. The Morgan fingerprint density at radius 3 is 2.46 bits per heavy atom. The van der Waals surface area contributed by atoms with Crippen LogP contribution in [-0.2, 0) is 19.9 Å². The van der Waals surface area contributed by atoms with Crippen LogP contribution in [0.1, 0.15) is 28.6 Å². The maximum Gasteiger partial charge on any atom is 0.129 e. The van der Waals surface area contributed by atoms with E-state index >= 15 is 0 Å². The predicted molar refractivity (Wildman–Crippen MR) is 110 cm³/mol. The number of rotatable bonds is 5. The van der Waals surface area contributed by atoms with Crippen molar-refractivity contribution in [1.82, 2.24) is 19.5 Å². The second-order valence-electron chi connectivity index (χ2n) is 6.30. The van der Waals surface area contributed by atoms with Gasteiger partial charge in [0.1, 0.15) is 11.6 Å². The molecule has 3 aromatic rings. The monoisotopic (exact) mass is 411 g/mol. The van der Waals surface area contributed by atoms with Gasteiger partial charge in [0.05, 0.1) is 32.6 Å². The summed E-state index contributed by atoms with van der Waals surface area (Å²) in [5, 5.41) is 0. The molecular weight excluding hydrogens is 390 g/mol. The van der Waals surface area contributed by atoms with Crippen molar-refractivity contribution in [1.29, 1.82) is 0 Å². The van der Waals surface area contributed by atoms with E-state index in [1.165, 1.54) is 0 Å². The van der Waals surface area contributed by atoms with Crippen LogP contribution in [0.2, 0.25) is 0 Å². The lowest BCUT2D eigenvalue weighted by molar-refractivity contribution is 0.750. The Hall–Kier alpha value is -2.34. The van der Waals surface area contributed by atoms with E-state index in [1.54, 1.807) is 12.3 Å². The molecule has 3 rings (SSSR count). The zero-order valence-corrected chi connectivity index (χ0v) is 17.1. The van der Waals surface area contributed by atoms with Crippen LogP contribution in [0.15, 0.2) is 34.3 Å². The van der Waals surface area contributed by atoms with Gasteiger partial charge in [0.2, 0.25) is 0 Å². The SMILES string of the molecule is C=C/C=N\c1ccc2c(nc(CCc3nc(C)c(Br)c(C)n3)n2C)c1C. The molecule has 0 amide bonds. The number of aromatic nitrogens is 4. The first kappa shape index (κ1) is 18.5. The van der Waals surface area contributed by atoms with E-state index in [1.807, 2.05) is 19.9 Å². The number of hydrogen-bond donors (Lipinski definition) is 0. The molecule has 134 valence electrons. The lowest BCUT2D eigenvalue weighted by Crippen LogP contribution is -2.05. The Kier molecular flexibility index (Phi) is 5.32. The van der Waals surface area contributed by atoms with E-state index in [0.717, 1.165) is 62.6 Å². The molecule has 0 aliphatic carbocycles. The first-order chi connectivity index (χ1) is 12.4. The Labute approximate surface area is 162 Å². The number of halogens is 1. The number of benzene rings is 1. The fraction of sp³-hybridized carbons (Fsp3) is 0.300. The standard InChI is InChI=1S/C20H22BrN5/c1-6-11-22-15-7-8-16-20(12(15)2)25-18(26(16)5)10-9-17-23-13(3)19(21)14(4)24-17/h6-8,11H,1,9-10H2,2-5H3/b22-11-. The summed E-state index contributed by atoms with van der Waals surface area (Å²) in [5.74, 6) is 1.87. The van der Waals surface area contributed by atoms with Crippen LogP contribution in [0.25, 0.3) is 11.0 Å². The van der Waals surface area contributed by atoms with E-state index in [9.17, 15) is 0 Å². The maximum atomic E-state index is 4.86. The van der Waals surface area contributed by atoms with Crippen LogP contribution in [0.5, 0.6) is 0 Å². The van der Waals surface area contributed by atoms with Gasteiger partial charge in [-0.2, -0.15) is 0 Å². The van der Waals surface area contributed by atoms with E-state index in [0.29, 0.717) is 0 Å². The molecule has 0 spiro atoms. The number of aryl methyl sites for hydroxylation is 6. The van der Waals surface area contributed by atoms with Crippen molar-refractivity contribution >= 4 is 38.9 Å². The Morgan fingerprint density at radius 1 is 1.12 bits per heavy atom. The zero-order chi connectivity index (χ0) is 18.8. The molecule has 0 radical (unpaired) electrons. The largest absolute Gasteiger partial charge is 0.331 e. The third-order valence-electron chi connectivity index (χ3n) is 4.49. The fourth-order valence-electron chi connectivity index (χ4n) is 3.03. The van der Waals surface area contributed by atoms with Gasteiger partial charge in [-0.05, 0) is 48.8 Å². The normalized spacial score (nSPS) is 11.6. The third-order valence-corrected chi connectivity index (χ3v) is 5.64. The number of fused-ring (bicyclic) bond motifs is 1. The van der Waals surface area contributed by atoms with Crippen LogP contribution in [0.3, 0.4) is 0 Å². The number of allylic oxidation sites excluding steroid dienone is 1. The first-order valence-corrected chi connectivity index (χ1v) is 9.31. The molecule has 1 aromatic carbocycles. The summed E-state index contributed by atoms with van der Waals surface area (Å²) < 4.78 is 3.12. The molecule has 2 aromatic heterocycles. The molecule has 0 saturated heterocycles. The summed E-state index contributed by atoms with van der Waals surface area (Å²) in [6, 6.07) is 4.09. The topological polar surface area (TPSA) is 56.0 Å². The Bertz CT molecular complexity index is 994. The second-order valence-corrected chi connectivity index (χ2v) is 7.10. The van der Waals surface area contributed by atoms with Crippen molar-refractivity contribution in [2.24, 2.45) is 12.0 Å². The number of hydrogen-bond acceptors (Lipinski definition) is 4. The van der Waals surface area contributed by atoms with Crippen LogP contribution in [0, 0.1) is 20.8 Å². The molecule has 0 fully saturated rings. The Morgan fingerprint density at radius 2 is 1.81 bits per heavy atom. The van der Waals surface area contributed by atoms with Gasteiger partial charge in [0, 0.05) is 31.7 Å². The fourth-order valence-corrected chi connectivity index (χ4v) is 3.21. The smallest absolute Gasteiger partial charge is 0.129 e. The minimum Gasteiger partial charge on any atom is -0.331 e. The summed E-state index contributed by atoms with van der Waals surface area (Å²) in [6.07, 6.45) is 4.92. The van der Waals surface area contributed by atoms with Crippen molar-refractivity contribution < 1.29 is 0 Å². The molecular formula is C20H22BrN5. The molecule has 6 heteroatoms. The van der Waals surface area contributed by atoms with Gasteiger partial charge < -0.3 is 4.57 Å². The van der Waals surface area contributed by atoms with Gasteiger partial charge in [0.25, 0.3) is 0 Å². The second kappa shape index (κ2) is 7.50. The van der Waals surface area contributed by atoms with Crippen LogP contribution < -0.4 is 0 Å². The van der Waals surface area contributed by atoms with Crippen LogP contribution in [-0.4, -0.2) is 25.7 Å². The maximum absolute atomic E-state index is 4.86. The molecule has 2 heterocycles. The lowest BCUT2D eigenvalue weighted by Gasteiger charge is -2.06. The first-order valence-electron chi connectivity index (χ1n) is 8.52. The van der Waals surface area contributed by atoms with Crippen molar-refractivity contribution in [3.63, 3.8) is 0 Å².